The molecule has 2 aromatic carbocycles. The first-order valence-electron chi connectivity index (χ1n) is 10.6. The third kappa shape index (κ3) is 3.55. The summed E-state index contributed by atoms with van der Waals surface area (Å²) in [7, 11) is 0. The van der Waals surface area contributed by atoms with Gasteiger partial charge in [-0.25, -0.2) is 9.97 Å². The molecule has 0 fully saturated rings. The number of fused-ring (bicyclic) bond motifs is 2. The topological polar surface area (TPSA) is 106 Å². The minimum absolute atomic E-state index is 0.468. The molecule has 0 aliphatic heterocycles. The number of ether oxygens (including phenoxy) is 1. The minimum atomic E-state index is 0.468. The number of H-pyrrole nitrogens is 2. The summed E-state index contributed by atoms with van der Waals surface area (Å²) in [5, 5.41) is 8.97. The predicted octanol–water partition coefficient (Wildman–Crippen LogP) is 5.33. The summed E-state index contributed by atoms with van der Waals surface area (Å²) in [5.41, 5.74) is 12.9. The van der Waals surface area contributed by atoms with E-state index in [0.29, 0.717) is 18.3 Å². The minimum Gasteiger partial charge on any atom is -0.473 e. The van der Waals surface area contributed by atoms with Gasteiger partial charge in [-0.2, -0.15) is 5.10 Å². The van der Waals surface area contributed by atoms with Gasteiger partial charge in [0.15, 0.2) is 5.82 Å². The number of aromatic nitrogens is 5. The number of aromatic amines is 2. The number of pyridine rings is 2. The standard InChI is InChI=1S/C26H20N6O/c27-25-21-12-17(6-7-22(21)31-32-25)19-9-11-29-26-20(19)14-23(30-26)18-8-10-28-24(13-18)33-15-16-4-2-1-3-5-16/h1-14H,15H2,(H,29,30)(H3,27,31,32). The number of rotatable bonds is 5. The van der Waals surface area contributed by atoms with Gasteiger partial charge in [-0.1, -0.05) is 36.4 Å². The van der Waals surface area contributed by atoms with Gasteiger partial charge < -0.3 is 15.5 Å². The summed E-state index contributed by atoms with van der Waals surface area (Å²) in [4.78, 5) is 12.3. The first-order chi connectivity index (χ1) is 16.2. The molecule has 0 saturated carbocycles. The van der Waals surface area contributed by atoms with Crippen LogP contribution in [0.25, 0.3) is 44.3 Å². The van der Waals surface area contributed by atoms with Gasteiger partial charge in [-0.15, -0.1) is 0 Å². The van der Waals surface area contributed by atoms with Crippen molar-refractivity contribution in [3.8, 4) is 28.3 Å². The lowest BCUT2D eigenvalue weighted by Crippen LogP contribution is -1.97. The number of nitrogens with two attached hydrogens (primary N) is 1. The third-order valence-corrected chi connectivity index (χ3v) is 5.71. The molecule has 6 rings (SSSR count). The molecule has 0 saturated heterocycles. The van der Waals surface area contributed by atoms with Crippen LogP contribution in [0.4, 0.5) is 5.82 Å². The highest BCUT2D eigenvalue weighted by atomic mass is 16.5. The highest BCUT2D eigenvalue weighted by molar-refractivity contribution is 5.99. The van der Waals surface area contributed by atoms with Gasteiger partial charge >= 0.3 is 0 Å². The van der Waals surface area contributed by atoms with Crippen molar-refractivity contribution in [2.45, 2.75) is 6.61 Å². The second kappa shape index (κ2) is 7.80. The van der Waals surface area contributed by atoms with E-state index in [0.717, 1.165) is 49.9 Å². The van der Waals surface area contributed by atoms with Crippen LogP contribution in [-0.4, -0.2) is 25.1 Å². The largest absolute Gasteiger partial charge is 0.473 e. The van der Waals surface area contributed by atoms with Gasteiger partial charge in [-0.05, 0) is 47.0 Å². The molecule has 0 atom stereocenters. The maximum Gasteiger partial charge on any atom is 0.214 e. The summed E-state index contributed by atoms with van der Waals surface area (Å²) in [5.74, 6) is 1.07. The Kier molecular flexibility index (Phi) is 4.51. The quantitative estimate of drug-likeness (QED) is 0.341. The molecule has 4 heterocycles. The van der Waals surface area contributed by atoms with Crippen LogP contribution in [0.15, 0.2) is 85.2 Å². The number of anilines is 1. The van der Waals surface area contributed by atoms with E-state index in [1.54, 1.807) is 6.20 Å². The lowest BCUT2D eigenvalue weighted by molar-refractivity contribution is 0.294. The van der Waals surface area contributed by atoms with Gasteiger partial charge in [0.05, 0.1) is 5.52 Å². The first-order valence-corrected chi connectivity index (χ1v) is 10.6. The Bertz CT molecular complexity index is 1590. The molecule has 0 unspecified atom stereocenters. The van der Waals surface area contributed by atoms with Crippen LogP contribution in [0.3, 0.4) is 0 Å². The molecule has 4 aromatic heterocycles. The normalized spacial score (nSPS) is 11.3. The third-order valence-electron chi connectivity index (χ3n) is 5.71. The summed E-state index contributed by atoms with van der Waals surface area (Å²) >= 11 is 0. The molecule has 0 bridgehead atoms. The molecule has 6 aromatic rings. The van der Waals surface area contributed by atoms with Gasteiger partial charge in [-0.3, -0.25) is 5.10 Å². The average molecular weight is 432 g/mol. The van der Waals surface area contributed by atoms with Crippen LogP contribution in [0.1, 0.15) is 5.56 Å². The van der Waals surface area contributed by atoms with Crippen LogP contribution in [-0.2, 0) is 6.61 Å². The van der Waals surface area contributed by atoms with E-state index in [4.69, 9.17) is 10.5 Å². The van der Waals surface area contributed by atoms with Gasteiger partial charge in [0.2, 0.25) is 5.88 Å². The molecule has 7 nitrogen and oxygen atoms in total. The Morgan fingerprint density at radius 3 is 2.61 bits per heavy atom. The van der Waals surface area contributed by atoms with Crippen molar-refractivity contribution in [1.82, 2.24) is 25.1 Å². The van der Waals surface area contributed by atoms with Crippen LogP contribution in [0, 0.1) is 0 Å². The van der Waals surface area contributed by atoms with E-state index in [-0.39, 0.29) is 0 Å². The number of hydrogen-bond acceptors (Lipinski definition) is 5. The number of nitrogens with zero attached hydrogens (tertiary/aromatic N) is 3. The molecular formula is C26H20N6O. The molecule has 0 aliphatic carbocycles. The highest BCUT2D eigenvalue weighted by Crippen LogP contribution is 2.33. The maximum atomic E-state index is 6.01. The van der Waals surface area contributed by atoms with E-state index < -0.39 is 0 Å². The van der Waals surface area contributed by atoms with E-state index in [9.17, 15) is 0 Å². The molecule has 0 amide bonds. The SMILES string of the molecule is Nc1n[nH]c2ccc(-c3ccnc4[nH]c(-c5ccnc(OCc6ccccc6)c5)cc34)cc12. The molecular weight excluding hydrogens is 412 g/mol. The Morgan fingerprint density at radius 2 is 1.70 bits per heavy atom. The monoisotopic (exact) mass is 432 g/mol. The van der Waals surface area contributed by atoms with Crippen molar-refractivity contribution in [3.63, 3.8) is 0 Å². The lowest BCUT2D eigenvalue weighted by Gasteiger charge is -2.06. The first kappa shape index (κ1) is 19.1. The fraction of sp³-hybridized carbons (Fsp3) is 0.0385. The van der Waals surface area contributed by atoms with Gasteiger partial charge in [0.25, 0.3) is 0 Å². The molecule has 7 heteroatoms. The second-order valence-electron chi connectivity index (χ2n) is 7.83. The Balaban J connectivity index is 1.35. The lowest BCUT2D eigenvalue weighted by atomic mass is 10.0. The number of benzene rings is 2. The molecule has 160 valence electrons. The Hall–Kier alpha value is -4.65. The molecule has 4 N–H and O–H groups in total. The van der Waals surface area contributed by atoms with Gasteiger partial charge in [0, 0.05) is 40.5 Å². The van der Waals surface area contributed by atoms with Crippen molar-refractivity contribution in [3.05, 3.63) is 90.8 Å². The van der Waals surface area contributed by atoms with Crippen LogP contribution >= 0.6 is 0 Å². The zero-order chi connectivity index (χ0) is 22.2. The van der Waals surface area contributed by atoms with E-state index >= 15 is 0 Å². The maximum absolute atomic E-state index is 6.01. The summed E-state index contributed by atoms with van der Waals surface area (Å²) in [6.45, 7) is 0.468. The van der Waals surface area contributed by atoms with Crippen LogP contribution in [0.5, 0.6) is 5.88 Å². The molecule has 0 spiro atoms. The van der Waals surface area contributed by atoms with E-state index in [1.165, 1.54) is 0 Å². The average Bonchev–Trinajstić information content (AvgIpc) is 3.47. The predicted molar refractivity (Wildman–Crippen MR) is 130 cm³/mol. The van der Waals surface area contributed by atoms with Crippen molar-refractivity contribution in [2.24, 2.45) is 0 Å². The van der Waals surface area contributed by atoms with Crippen LogP contribution in [0.2, 0.25) is 0 Å². The summed E-state index contributed by atoms with van der Waals surface area (Å²) < 4.78 is 5.90. The Labute approximate surface area is 189 Å². The fourth-order valence-corrected chi connectivity index (χ4v) is 4.02. The van der Waals surface area contributed by atoms with Crippen LogP contribution < -0.4 is 10.5 Å². The molecule has 33 heavy (non-hydrogen) atoms. The van der Waals surface area contributed by atoms with Crippen molar-refractivity contribution >= 4 is 27.8 Å². The summed E-state index contributed by atoms with van der Waals surface area (Å²) in [6.07, 6.45) is 3.56. The van der Waals surface area contributed by atoms with Crippen molar-refractivity contribution in [1.29, 1.82) is 0 Å². The van der Waals surface area contributed by atoms with E-state index in [1.807, 2.05) is 60.8 Å². The highest BCUT2D eigenvalue weighted by Gasteiger charge is 2.12. The van der Waals surface area contributed by atoms with Crippen molar-refractivity contribution in [2.75, 3.05) is 5.73 Å². The van der Waals surface area contributed by atoms with Crippen molar-refractivity contribution < 1.29 is 4.74 Å². The van der Waals surface area contributed by atoms with Gasteiger partial charge in [0.1, 0.15) is 12.3 Å². The second-order valence-corrected chi connectivity index (χ2v) is 7.83. The summed E-state index contributed by atoms with van der Waals surface area (Å²) in [6, 6.07) is 24.2. The number of hydrogen-bond donors (Lipinski definition) is 3. The van der Waals surface area contributed by atoms with E-state index in [2.05, 4.69) is 43.3 Å². The molecule has 0 aliphatic rings. The fourth-order valence-electron chi connectivity index (χ4n) is 4.02. The zero-order valence-corrected chi connectivity index (χ0v) is 17.6. The molecule has 0 radical (unpaired) electrons. The Morgan fingerprint density at radius 1 is 0.818 bits per heavy atom. The number of nitrogens with one attached hydrogen (secondary N) is 2. The zero-order valence-electron chi connectivity index (χ0n) is 17.6. The number of nitrogen functional groups attached to an aromatic ring is 1. The smallest absolute Gasteiger partial charge is 0.214 e.